The van der Waals surface area contributed by atoms with Gasteiger partial charge in [0.25, 0.3) is 0 Å². The van der Waals surface area contributed by atoms with Crippen LogP contribution in [-0.2, 0) is 18.4 Å². The summed E-state index contributed by atoms with van der Waals surface area (Å²) in [5.41, 5.74) is 3.10. The number of benzene rings is 1. The molecule has 126 valence electrons. The zero-order chi connectivity index (χ0) is 17.2. The first-order valence-electron chi connectivity index (χ1n) is 8.14. The maximum absolute atomic E-state index is 12.1. The minimum atomic E-state index is -0.0145. The molecule has 25 heavy (non-hydrogen) atoms. The third kappa shape index (κ3) is 3.10. The Morgan fingerprint density at radius 3 is 3.04 bits per heavy atom. The zero-order valence-electron chi connectivity index (χ0n) is 13.8. The number of nitrogens with zero attached hydrogens (tertiary/aromatic N) is 3. The van der Waals surface area contributed by atoms with Crippen LogP contribution in [0.5, 0.6) is 5.75 Å². The largest absolute Gasteiger partial charge is 0.489 e. The Kier molecular flexibility index (Phi) is 3.93. The highest BCUT2D eigenvalue weighted by atomic mass is 16.5. The fraction of sp³-hybridized carbons (Fsp3) is 0.211. The van der Waals surface area contributed by atoms with Crippen LogP contribution in [0.25, 0.3) is 0 Å². The quantitative estimate of drug-likeness (QED) is 0.796. The maximum Gasteiger partial charge on any atom is 0.226 e. The standard InChI is InChI=1S/C19H18N4O2/c1-23-19-17(11-21-23)16(9-18(24)22-19)14-5-2-6-15(8-14)25-12-13-4-3-7-20-10-13/h2-8,10-11,16H,9,12H2,1H3,(H,22,24)/t16-/m1/s1. The average molecular weight is 334 g/mol. The Morgan fingerprint density at radius 2 is 2.20 bits per heavy atom. The molecular formula is C19H18N4O2. The van der Waals surface area contributed by atoms with Gasteiger partial charge < -0.3 is 10.1 Å². The van der Waals surface area contributed by atoms with Gasteiger partial charge in [0.2, 0.25) is 5.91 Å². The summed E-state index contributed by atoms with van der Waals surface area (Å²) in [6, 6.07) is 11.8. The molecule has 2 aromatic heterocycles. The smallest absolute Gasteiger partial charge is 0.226 e. The number of nitrogens with one attached hydrogen (secondary N) is 1. The number of ether oxygens (including phenoxy) is 1. The Hall–Kier alpha value is -3.15. The summed E-state index contributed by atoms with van der Waals surface area (Å²) in [7, 11) is 1.83. The van der Waals surface area contributed by atoms with E-state index in [0.29, 0.717) is 13.0 Å². The van der Waals surface area contributed by atoms with Gasteiger partial charge in [-0.05, 0) is 23.8 Å². The van der Waals surface area contributed by atoms with E-state index in [1.54, 1.807) is 17.1 Å². The van der Waals surface area contributed by atoms with E-state index in [9.17, 15) is 4.79 Å². The number of rotatable bonds is 4. The first kappa shape index (κ1) is 15.4. The second-order valence-corrected chi connectivity index (χ2v) is 6.10. The molecule has 1 N–H and O–H groups in total. The number of amides is 1. The fourth-order valence-electron chi connectivity index (χ4n) is 3.11. The Morgan fingerprint density at radius 1 is 1.28 bits per heavy atom. The number of pyridine rings is 1. The van der Waals surface area contributed by atoms with Gasteiger partial charge in [-0.25, -0.2) is 0 Å². The van der Waals surface area contributed by atoms with Gasteiger partial charge in [-0.1, -0.05) is 18.2 Å². The van der Waals surface area contributed by atoms with Crippen LogP contribution in [0.2, 0.25) is 0 Å². The molecule has 1 aliphatic rings. The number of hydrogen-bond donors (Lipinski definition) is 1. The van der Waals surface area contributed by atoms with Gasteiger partial charge in [-0.2, -0.15) is 5.10 Å². The number of aryl methyl sites for hydroxylation is 1. The second kappa shape index (κ2) is 6.39. The van der Waals surface area contributed by atoms with E-state index in [-0.39, 0.29) is 11.8 Å². The van der Waals surface area contributed by atoms with Gasteiger partial charge in [0.05, 0.1) is 6.20 Å². The molecule has 3 aromatic rings. The molecule has 1 atom stereocenters. The van der Waals surface area contributed by atoms with Gasteiger partial charge in [0.1, 0.15) is 18.2 Å². The van der Waals surface area contributed by atoms with Crippen molar-refractivity contribution in [2.24, 2.45) is 7.05 Å². The van der Waals surface area contributed by atoms with Crippen molar-refractivity contribution in [3.05, 3.63) is 71.7 Å². The van der Waals surface area contributed by atoms with Crippen molar-refractivity contribution >= 4 is 11.7 Å². The highest BCUT2D eigenvalue weighted by molar-refractivity contribution is 5.94. The minimum absolute atomic E-state index is 0.00258. The van der Waals surface area contributed by atoms with Gasteiger partial charge >= 0.3 is 0 Å². The Bertz CT molecular complexity index is 905. The summed E-state index contributed by atoms with van der Waals surface area (Å²) in [5.74, 6) is 1.53. The number of anilines is 1. The van der Waals surface area contributed by atoms with Crippen molar-refractivity contribution in [2.75, 3.05) is 5.32 Å². The lowest BCUT2D eigenvalue weighted by Crippen LogP contribution is -2.24. The zero-order valence-corrected chi connectivity index (χ0v) is 13.8. The molecule has 0 saturated carbocycles. The fourth-order valence-corrected chi connectivity index (χ4v) is 3.11. The SMILES string of the molecule is Cn1ncc2c1NC(=O)C[C@@H]2c1cccc(OCc2cccnc2)c1. The first-order valence-corrected chi connectivity index (χ1v) is 8.14. The van der Waals surface area contributed by atoms with E-state index in [2.05, 4.69) is 15.4 Å². The Labute approximate surface area is 145 Å². The lowest BCUT2D eigenvalue weighted by atomic mass is 9.87. The van der Waals surface area contributed by atoms with Crippen molar-refractivity contribution in [1.82, 2.24) is 14.8 Å². The number of hydrogen-bond acceptors (Lipinski definition) is 4. The van der Waals surface area contributed by atoms with Crippen LogP contribution in [0.4, 0.5) is 5.82 Å². The topological polar surface area (TPSA) is 69.0 Å². The molecular weight excluding hydrogens is 316 g/mol. The summed E-state index contributed by atoms with van der Waals surface area (Å²) < 4.78 is 7.58. The lowest BCUT2D eigenvalue weighted by Gasteiger charge is -2.23. The van der Waals surface area contributed by atoms with Crippen LogP contribution in [0, 0.1) is 0 Å². The average Bonchev–Trinajstić information content (AvgIpc) is 3.01. The predicted molar refractivity (Wildman–Crippen MR) is 93.3 cm³/mol. The lowest BCUT2D eigenvalue weighted by molar-refractivity contribution is -0.116. The van der Waals surface area contributed by atoms with Crippen LogP contribution < -0.4 is 10.1 Å². The molecule has 0 fully saturated rings. The van der Waals surface area contributed by atoms with Crippen LogP contribution in [-0.4, -0.2) is 20.7 Å². The van der Waals surface area contributed by atoms with Crippen LogP contribution >= 0.6 is 0 Å². The number of carbonyl (C=O) groups excluding carboxylic acids is 1. The maximum atomic E-state index is 12.1. The van der Waals surface area contributed by atoms with Crippen LogP contribution in [0.15, 0.2) is 55.0 Å². The van der Waals surface area contributed by atoms with Crippen LogP contribution in [0.1, 0.15) is 29.0 Å². The van der Waals surface area contributed by atoms with E-state index >= 15 is 0 Å². The highest BCUT2D eigenvalue weighted by Crippen LogP contribution is 2.37. The van der Waals surface area contributed by atoms with E-state index in [1.807, 2.05) is 49.6 Å². The molecule has 0 aliphatic carbocycles. The normalized spacial score (nSPS) is 16.2. The molecule has 1 aliphatic heterocycles. The van der Waals surface area contributed by atoms with E-state index in [1.165, 1.54) is 0 Å². The first-order chi connectivity index (χ1) is 12.2. The van der Waals surface area contributed by atoms with Gasteiger partial charge in [-0.3, -0.25) is 14.5 Å². The third-order valence-corrected chi connectivity index (χ3v) is 4.38. The molecule has 6 heteroatoms. The number of fused-ring (bicyclic) bond motifs is 1. The van der Waals surface area contributed by atoms with Gasteiger partial charge in [-0.15, -0.1) is 0 Å². The van der Waals surface area contributed by atoms with Crippen molar-refractivity contribution < 1.29 is 9.53 Å². The molecule has 1 aromatic carbocycles. The number of aromatic nitrogens is 3. The molecule has 3 heterocycles. The summed E-state index contributed by atoms with van der Waals surface area (Å²) in [4.78, 5) is 16.2. The molecule has 0 radical (unpaired) electrons. The minimum Gasteiger partial charge on any atom is -0.489 e. The van der Waals surface area contributed by atoms with E-state index in [0.717, 1.165) is 28.3 Å². The highest BCUT2D eigenvalue weighted by Gasteiger charge is 2.29. The third-order valence-electron chi connectivity index (χ3n) is 4.38. The van der Waals surface area contributed by atoms with Crippen molar-refractivity contribution in [1.29, 1.82) is 0 Å². The second-order valence-electron chi connectivity index (χ2n) is 6.10. The van der Waals surface area contributed by atoms with Gasteiger partial charge in [0.15, 0.2) is 0 Å². The molecule has 6 nitrogen and oxygen atoms in total. The Balaban J connectivity index is 1.58. The molecule has 4 rings (SSSR count). The monoisotopic (exact) mass is 334 g/mol. The summed E-state index contributed by atoms with van der Waals surface area (Å²) in [6.07, 6.45) is 5.76. The number of carbonyl (C=O) groups is 1. The van der Waals surface area contributed by atoms with Crippen LogP contribution in [0.3, 0.4) is 0 Å². The van der Waals surface area contributed by atoms with Crippen molar-refractivity contribution in [2.45, 2.75) is 18.9 Å². The molecule has 0 bridgehead atoms. The predicted octanol–water partition coefficient (Wildman–Crippen LogP) is 2.87. The van der Waals surface area contributed by atoms with Crippen molar-refractivity contribution in [3.63, 3.8) is 0 Å². The summed E-state index contributed by atoms with van der Waals surface area (Å²) >= 11 is 0. The summed E-state index contributed by atoms with van der Waals surface area (Å²) in [6.45, 7) is 0.459. The molecule has 1 amide bonds. The van der Waals surface area contributed by atoms with Gasteiger partial charge in [0, 0.05) is 42.9 Å². The summed E-state index contributed by atoms with van der Waals surface area (Å²) in [5, 5.41) is 7.16. The molecule has 0 saturated heterocycles. The van der Waals surface area contributed by atoms with Crippen molar-refractivity contribution in [3.8, 4) is 5.75 Å². The van der Waals surface area contributed by atoms with E-state index in [4.69, 9.17) is 4.74 Å². The molecule has 0 spiro atoms. The van der Waals surface area contributed by atoms with E-state index < -0.39 is 0 Å². The molecule has 0 unspecified atom stereocenters.